The van der Waals surface area contributed by atoms with E-state index in [0.717, 1.165) is 19.4 Å². The molecule has 4 rings (SSSR count). The van der Waals surface area contributed by atoms with Crippen LogP contribution in [0.25, 0.3) is 0 Å². The van der Waals surface area contributed by atoms with Crippen LogP contribution >= 0.6 is 11.6 Å². The molecule has 1 aliphatic carbocycles. The van der Waals surface area contributed by atoms with E-state index in [-0.39, 0.29) is 23.7 Å². The summed E-state index contributed by atoms with van der Waals surface area (Å²) >= 11 is 5.99. The summed E-state index contributed by atoms with van der Waals surface area (Å²) in [5, 5.41) is 0.512. The average Bonchev–Trinajstić information content (AvgIpc) is 2.73. The van der Waals surface area contributed by atoms with Gasteiger partial charge in [0.2, 0.25) is 5.91 Å². The van der Waals surface area contributed by atoms with Gasteiger partial charge in [-0.1, -0.05) is 60.2 Å². The number of esters is 1. The molecule has 0 aromatic heterocycles. The zero-order valence-electron chi connectivity index (χ0n) is 16.2. The van der Waals surface area contributed by atoms with Crippen molar-refractivity contribution >= 4 is 23.5 Å². The highest BCUT2D eigenvalue weighted by Crippen LogP contribution is 2.38. The highest BCUT2D eigenvalue weighted by molar-refractivity contribution is 6.30. The van der Waals surface area contributed by atoms with Crippen molar-refractivity contribution in [2.24, 2.45) is 17.8 Å². The maximum absolute atomic E-state index is 13.3. The fourth-order valence-electron chi connectivity index (χ4n) is 4.32. The van der Waals surface area contributed by atoms with Crippen LogP contribution < -0.4 is 4.74 Å². The second-order valence-corrected chi connectivity index (χ2v) is 8.12. The monoisotopic (exact) mass is 409 g/mol. The predicted molar refractivity (Wildman–Crippen MR) is 113 cm³/mol. The number of fused-ring (bicyclic) bond motifs is 1. The Morgan fingerprint density at radius 3 is 2.76 bits per heavy atom. The van der Waals surface area contributed by atoms with Crippen molar-refractivity contribution in [2.45, 2.75) is 19.3 Å². The predicted octanol–water partition coefficient (Wildman–Crippen LogP) is 4.53. The molecule has 3 atom stereocenters. The minimum Gasteiger partial charge on any atom is -0.426 e. The van der Waals surface area contributed by atoms with Gasteiger partial charge in [-0.3, -0.25) is 9.59 Å². The van der Waals surface area contributed by atoms with Gasteiger partial charge >= 0.3 is 5.97 Å². The van der Waals surface area contributed by atoms with Crippen molar-refractivity contribution in [3.8, 4) is 5.75 Å². The molecule has 0 spiro atoms. The highest BCUT2D eigenvalue weighted by Gasteiger charge is 2.45. The van der Waals surface area contributed by atoms with Gasteiger partial charge in [-0.2, -0.15) is 0 Å². The van der Waals surface area contributed by atoms with E-state index in [2.05, 4.69) is 18.2 Å². The average molecular weight is 410 g/mol. The van der Waals surface area contributed by atoms with Gasteiger partial charge in [0, 0.05) is 18.1 Å². The van der Waals surface area contributed by atoms with E-state index in [1.54, 1.807) is 24.3 Å². The lowest BCUT2D eigenvalue weighted by Gasteiger charge is -2.41. The number of halogens is 1. The van der Waals surface area contributed by atoms with Crippen molar-refractivity contribution in [1.82, 2.24) is 4.90 Å². The van der Waals surface area contributed by atoms with Crippen LogP contribution in [0.1, 0.15) is 18.4 Å². The Kier molecular flexibility index (Phi) is 6.00. The van der Waals surface area contributed by atoms with E-state index in [0.29, 0.717) is 23.7 Å². The van der Waals surface area contributed by atoms with Crippen LogP contribution in [-0.2, 0) is 16.0 Å². The maximum Gasteiger partial charge on any atom is 0.315 e. The van der Waals surface area contributed by atoms with Gasteiger partial charge in [-0.05, 0) is 48.9 Å². The van der Waals surface area contributed by atoms with Crippen LogP contribution in [0.2, 0.25) is 5.02 Å². The molecule has 2 aromatic carbocycles. The number of piperidine rings is 1. The summed E-state index contributed by atoms with van der Waals surface area (Å²) in [6, 6.07) is 17.0. The summed E-state index contributed by atoms with van der Waals surface area (Å²) < 4.78 is 5.57. The van der Waals surface area contributed by atoms with Crippen molar-refractivity contribution < 1.29 is 14.3 Å². The standard InChI is InChI=1S/C24H24ClNO3/c25-19-9-5-10-20(16-19)29-24(28)21-11-4-8-18-13-15-26(23(27)22(18)21)14-12-17-6-2-1-3-7-17/h1-10,16,18,21-22H,11-15H2/t18-,21-,22+/m0/s1. The number of allylic oxidation sites excluding steroid dienone is 2. The molecule has 0 N–H and O–H groups in total. The third-order valence-electron chi connectivity index (χ3n) is 5.83. The molecule has 1 fully saturated rings. The molecule has 29 heavy (non-hydrogen) atoms. The highest BCUT2D eigenvalue weighted by atomic mass is 35.5. The molecule has 2 aromatic rings. The van der Waals surface area contributed by atoms with Gasteiger partial charge in [0.1, 0.15) is 5.75 Å². The first-order valence-corrected chi connectivity index (χ1v) is 10.5. The van der Waals surface area contributed by atoms with E-state index in [1.807, 2.05) is 29.2 Å². The van der Waals surface area contributed by atoms with Crippen molar-refractivity contribution in [1.29, 1.82) is 0 Å². The number of nitrogens with zero attached hydrogens (tertiary/aromatic N) is 1. The molecule has 5 heteroatoms. The van der Waals surface area contributed by atoms with Gasteiger partial charge < -0.3 is 9.64 Å². The number of ether oxygens (including phenoxy) is 1. The number of rotatable bonds is 5. The molecule has 4 nitrogen and oxygen atoms in total. The van der Waals surface area contributed by atoms with Crippen molar-refractivity contribution in [2.75, 3.05) is 13.1 Å². The van der Waals surface area contributed by atoms with Crippen molar-refractivity contribution in [3.05, 3.63) is 77.3 Å². The number of carbonyl (C=O) groups excluding carboxylic acids is 2. The van der Waals surface area contributed by atoms with Crippen LogP contribution in [0.3, 0.4) is 0 Å². The molecule has 0 radical (unpaired) electrons. The van der Waals surface area contributed by atoms with E-state index in [1.165, 1.54) is 5.56 Å². The normalized spacial score (nSPS) is 23.6. The molecule has 1 amide bonds. The van der Waals surface area contributed by atoms with Crippen LogP contribution in [0, 0.1) is 17.8 Å². The fourth-order valence-corrected chi connectivity index (χ4v) is 4.50. The summed E-state index contributed by atoms with van der Waals surface area (Å²) in [6.45, 7) is 1.40. The van der Waals surface area contributed by atoms with Crippen LogP contribution in [0.4, 0.5) is 0 Å². The second kappa shape index (κ2) is 8.83. The first kappa shape index (κ1) is 19.7. The largest absolute Gasteiger partial charge is 0.426 e. The topological polar surface area (TPSA) is 46.6 Å². The lowest BCUT2D eigenvalue weighted by atomic mass is 9.71. The molecule has 1 aliphatic heterocycles. The van der Waals surface area contributed by atoms with Gasteiger partial charge in [0.25, 0.3) is 0 Å². The van der Waals surface area contributed by atoms with Crippen LogP contribution in [0.15, 0.2) is 66.7 Å². The molecule has 150 valence electrons. The van der Waals surface area contributed by atoms with E-state index in [9.17, 15) is 9.59 Å². The maximum atomic E-state index is 13.3. The van der Waals surface area contributed by atoms with Gasteiger partial charge in [0.05, 0.1) is 11.8 Å². The number of hydrogen-bond donors (Lipinski definition) is 0. The van der Waals surface area contributed by atoms with Gasteiger partial charge in [0.15, 0.2) is 0 Å². The molecule has 1 heterocycles. The third kappa shape index (κ3) is 4.54. The number of hydrogen-bond acceptors (Lipinski definition) is 3. The van der Waals surface area contributed by atoms with E-state index in [4.69, 9.17) is 16.3 Å². The number of likely N-dealkylation sites (tertiary alicyclic amines) is 1. The van der Waals surface area contributed by atoms with E-state index < -0.39 is 5.92 Å². The lowest BCUT2D eigenvalue weighted by Crippen LogP contribution is -2.51. The zero-order chi connectivity index (χ0) is 20.2. The lowest BCUT2D eigenvalue weighted by molar-refractivity contribution is -0.153. The quantitative estimate of drug-likeness (QED) is 0.414. The van der Waals surface area contributed by atoms with Crippen LogP contribution in [0.5, 0.6) is 5.75 Å². The smallest absolute Gasteiger partial charge is 0.315 e. The Hall–Kier alpha value is -2.59. The molecule has 2 aliphatic rings. The van der Waals surface area contributed by atoms with Gasteiger partial charge in [-0.15, -0.1) is 0 Å². The van der Waals surface area contributed by atoms with Crippen molar-refractivity contribution in [3.63, 3.8) is 0 Å². The minimum atomic E-state index is -0.462. The Balaban J connectivity index is 1.46. The minimum absolute atomic E-state index is 0.0644. The Bertz CT molecular complexity index is 911. The Morgan fingerprint density at radius 2 is 1.97 bits per heavy atom. The summed E-state index contributed by atoms with van der Waals surface area (Å²) in [4.78, 5) is 28.1. The second-order valence-electron chi connectivity index (χ2n) is 7.69. The summed E-state index contributed by atoms with van der Waals surface area (Å²) in [5.41, 5.74) is 1.21. The molecule has 0 saturated carbocycles. The molecular formula is C24H24ClNO3. The van der Waals surface area contributed by atoms with Gasteiger partial charge in [-0.25, -0.2) is 0 Å². The number of carbonyl (C=O) groups is 2. The summed E-state index contributed by atoms with van der Waals surface area (Å²) in [7, 11) is 0. The Morgan fingerprint density at radius 1 is 1.14 bits per heavy atom. The fraction of sp³-hybridized carbons (Fsp3) is 0.333. The summed E-state index contributed by atoms with van der Waals surface area (Å²) in [5.74, 6) is -0.592. The molecular weight excluding hydrogens is 386 g/mol. The summed E-state index contributed by atoms with van der Waals surface area (Å²) in [6.07, 6.45) is 6.33. The molecule has 1 saturated heterocycles. The SMILES string of the molecule is O=C(Oc1cccc(Cl)c1)[C@H]1CC=C[C@H]2CCN(CCc3ccccc3)C(=O)[C@@H]12. The molecule has 0 unspecified atom stereocenters. The third-order valence-corrected chi connectivity index (χ3v) is 6.06. The Labute approximate surface area is 176 Å². The number of benzene rings is 2. The zero-order valence-corrected chi connectivity index (χ0v) is 16.9. The first-order valence-electron chi connectivity index (χ1n) is 10.1. The molecule has 0 bridgehead atoms. The van der Waals surface area contributed by atoms with Crippen LogP contribution in [-0.4, -0.2) is 29.9 Å². The van der Waals surface area contributed by atoms with E-state index >= 15 is 0 Å². The number of amides is 1. The first-order chi connectivity index (χ1) is 14.1.